The van der Waals surface area contributed by atoms with Gasteiger partial charge in [0.2, 0.25) is 5.91 Å². The predicted molar refractivity (Wildman–Crippen MR) is 91.5 cm³/mol. The summed E-state index contributed by atoms with van der Waals surface area (Å²) < 4.78 is 0. The maximum atomic E-state index is 12.0. The fourth-order valence-electron chi connectivity index (χ4n) is 2.57. The summed E-state index contributed by atoms with van der Waals surface area (Å²) in [5.74, 6) is 0.422. The molecule has 3 nitrogen and oxygen atoms in total. The van der Waals surface area contributed by atoms with Gasteiger partial charge >= 0.3 is 0 Å². The van der Waals surface area contributed by atoms with Gasteiger partial charge in [-0.2, -0.15) is 0 Å². The van der Waals surface area contributed by atoms with Gasteiger partial charge in [0, 0.05) is 28.9 Å². The highest BCUT2D eigenvalue weighted by atomic mass is 35.5. The van der Waals surface area contributed by atoms with Crippen molar-refractivity contribution in [2.24, 2.45) is 5.92 Å². The van der Waals surface area contributed by atoms with E-state index in [1.165, 1.54) is 11.3 Å². The van der Waals surface area contributed by atoms with Crippen LogP contribution in [-0.4, -0.2) is 10.9 Å². The Labute approximate surface area is 139 Å². The summed E-state index contributed by atoms with van der Waals surface area (Å²) in [6.45, 7) is 0. The van der Waals surface area contributed by atoms with E-state index >= 15 is 0 Å². The molecule has 1 aliphatic rings. The van der Waals surface area contributed by atoms with Crippen molar-refractivity contribution >= 4 is 34.0 Å². The highest BCUT2D eigenvalue weighted by molar-refractivity contribution is 7.15. The van der Waals surface area contributed by atoms with Crippen LogP contribution < -0.4 is 5.32 Å². The van der Waals surface area contributed by atoms with E-state index in [1.54, 1.807) is 0 Å². The van der Waals surface area contributed by atoms with Crippen LogP contribution in [0, 0.1) is 5.92 Å². The standard InChI is InChI=1S/C17H17ClN2OS/c18-14-7-3-6-13(8-14)9-15-11-19-17(22-15)20-16(21)10-12-4-1-2-5-12/h1,3-4,6-8,11-12H,2,5,9-10H2,(H,19,20,21). The molecule has 0 saturated heterocycles. The molecule has 3 rings (SSSR count). The second-order valence-corrected chi connectivity index (χ2v) is 7.01. The van der Waals surface area contributed by atoms with Gasteiger partial charge in [-0.15, -0.1) is 11.3 Å². The minimum Gasteiger partial charge on any atom is -0.302 e. The quantitative estimate of drug-likeness (QED) is 0.807. The number of benzene rings is 1. The number of hydrogen-bond acceptors (Lipinski definition) is 3. The van der Waals surface area contributed by atoms with Crippen LogP contribution in [0.15, 0.2) is 42.6 Å². The second-order valence-electron chi connectivity index (χ2n) is 5.46. The fourth-order valence-corrected chi connectivity index (χ4v) is 3.64. The molecule has 5 heteroatoms. The molecule has 2 aromatic rings. The summed E-state index contributed by atoms with van der Waals surface area (Å²) in [5.41, 5.74) is 1.14. The van der Waals surface area contributed by atoms with Crippen molar-refractivity contribution in [3.05, 3.63) is 58.1 Å². The van der Waals surface area contributed by atoms with Crippen LogP contribution in [0.25, 0.3) is 0 Å². The summed E-state index contributed by atoms with van der Waals surface area (Å²) in [6.07, 6.45) is 9.57. The van der Waals surface area contributed by atoms with E-state index in [2.05, 4.69) is 22.5 Å². The van der Waals surface area contributed by atoms with Crippen LogP contribution >= 0.6 is 22.9 Å². The van der Waals surface area contributed by atoms with Crippen LogP contribution in [0.5, 0.6) is 0 Å². The van der Waals surface area contributed by atoms with Crippen LogP contribution in [-0.2, 0) is 11.2 Å². The first-order chi connectivity index (χ1) is 10.7. The number of rotatable bonds is 5. The van der Waals surface area contributed by atoms with E-state index in [-0.39, 0.29) is 5.91 Å². The minimum atomic E-state index is 0.0419. The lowest BCUT2D eigenvalue weighted by Gasteiger charge is -2.06. The van der Waals surface area contributed by atoms with Crippen molar-refractivity contribution < 1.29 is 4.79 Å². The van der Waals surface area contributed by atoms with Gasteiger partial charge in [0.15, 0.2) is 5.13 Å². The summed E-state index contributed by atoms with van der Waals surface area (Å²) in [6, 6.07) is 7.79. The summed E-state index contributed by atoms with van der Waals surface area (Å²) in [5, 5.41) is 4.30. The number of carbonyl (C=O) groups is 1. The molecule has 0 fully saturated rings. The molecule has 1 aromatic heterocycles. The Kier molecular flexibility index (Phi) is 4.90. The Morgan fingerprint density at radius 1 is 1.45 bits per heavy atom. The van der Waals surface area contributed by atoms with Gasteiger partial charge in [-0.3, -0.25) is 4.79 Å². The first-order valence-corrected chi connectivity index (χ1v) is 8.54. The minimum absolute atomic E-state index is 0.0419. The number of thiazole rings is 1. The SMILES string of the molecule is O=C(CC1C=CCC1)Nc1ncc(Cc2cccc(Cl)c2)s1. The van der Waals surface area contributed by atoms with Crippen LogP contribution in [0.3, 0.4) is 0 Å². The van der Waals surface area contributed by atoms with E-state index in [0.717, 1.165) is 34.7 Å². The molecule has 114 valence electrons. The topological polar surface area (TPSA) is 42.0 Å². The molecule has 1 aromatic carbocycles. The molecule has 0 bridgehead atoms. The molecule has 22 heavy (non-hydrogen) atoms. The molecule has 0 spiro atoms. The molecular formula is C17H17ClN2OS. The van der Waals surface area contributed by atoms with Gasteiger partial charge in [-0.25, -0.2) is 4.98 Å². The largest absolute Gasteiger partial charge is 0.302 e. The molecule has 0 aliphatic heterocycles. The Bertz CT molecular complexity index is 695. The molecule has 0 radical (unpaired) electrons. The third-order valence-electron chi connectivity index (χ3n) is 3.63. The number of aromatic nitrogens is 1. The van der Waals surface area contributed by atoms with Gasteiger partial charge in [-0.05, 0) is 36.5 Å². The van der Waals surface area contributed by atoms with Crippen molar-refractivity contribution in [3.8, 4) is 0 Å². The Hall–Kier alpha value is -1.65. The maximum absolute atomic E-state index is 12.0. The van der Waals surface area contributed by atoms with Crippen molar-refractivity contribution in [1.82, 2.24) is 4.98 Å². The molecule has 1 heterocycles. The number of amides is 1. The van der Waals surface area contributed by atoms with Crippen molar-refractivity contribution in [1.29, 1.82) is 0 Å². The fraction of sp³-hybridized carbons (Fsp3) is 0.294. The van der Waals surface area contributed by atoms with Gasteiger partial charge in [0.1, 0.15) is 0 Å². The van der Waals surface area contributed by atoms with Crippen LogP contribution in [0.4, 0.5) is 5.13 Å². The Morgan fingerprint density at radius 2 is 2.36 bits per heavy atom. The van der Waals surface area contributed by atoms with Crippen LogP contribution in [0.1, 0.15) is 29.7 Å². The predicted octanol–water partition coefficient (Wildman–Crippen LogP) is 4.68. The van der Waals surface area contributed by atoms with E-state index in [1.807, 2.05) is 30.5 Å². The van der Waals surface area contributed by atoms with E-state index in [4.69, 9.17) is 11.6 Å². The molecule has 1 unspecified atom stereocenters. The Morgan fingerprint density at radius 3 is 3.14 bits per heavy atom. The van der Waals surface area contributed by atoms with E-state index < -0.39 is 0 Å². The third kappa shape index (κ3) is 4.18. The maximum Gasteiger partial charge on any atom is 0.226 e. The smallest absolute Gasteiger partial charge is 0.226 e. The summed E-state index contributed by atoms with van der Waals surface area (Å²) in [4.78, 5) is 17.4. The number of halogens is 1. The summed E-state index contributed by atoms with van der Waals surface area (Å²) >= 11 is 7.51. The van der Waals surface area contributed by atoms with Crippen LogP contribution in [0.2, 0.25) is 5.02 Å². The zero-order valence-electron chi connectivity index (χ0n) is 12.1. The molecule has 1 amide bonds. The average molecular weight is 333 g/mol. The molecular weight excluding hydrogens is 316 g/mol. The molecule has 1 atom stereocenters. The average Bonchev–Trinajstić information content (AvgIpc) is 3.11. The number of nitrogens with zero attached hydrogens (tertiary/aromatic N) is 1. The van der Waals surface area contributed by atoms with Crippen molar-refractivity contribution in [3.63, 3.8) is 0 Å². The zero-order valence-corrected chi connectivity index (χ0v) is 13.7. The molecule has 1 N–H and O–H groups in total. The lowest BCUT2D eigenvalue weighted by atomic mass is 10.1. The number of anilines is 1. The first kappa shape index (κ1) is 15.3. The third-order valence-corrected chi connectivity index (χ3v) is 4.78. The monoisotopic (exact) mass is 332 g/mol. The van der Waals surface area contributed by atoms with Crippen molar-refractivity contribution in [2.45, 2.75) is 25.7 Å². The van der Waals surface area contributed by atoms with Crippen molar-refractivity contribution in [2.75, 3.05) is 5.32 Å². The van der Waals surface area contributed by atoms with Gasteiger partial charge < -0.3 is 5.32 Å². The number of allylic oxidation sites excluding steroid dienone is 2. The van der Waals surface area contributed by atoms with Gasteiger partial charge in [0.05, 0.1) is 0 Å². The highest BCUT2D eigenvalue weighted by Gasteiger charge is 2.15. The summed E-state index contributed by atoms with van der Waals surface area (Å²) in [7, 11) is 0. The van der Waals surface area contributed by atoms with E-state index in [0.29, 0.717) is 17.5 Å². The lowest BCUT2D eigenvalue weighted by molar-refractivity contribution is -0.116. The highest BCUT2D eigenvalue weighted by Crippen LogP contribution is 2.24. The van der Waals surface area contributed by atoms with E-state index in [9.17, 15) is 4.79 Å². The Balaban J connectivity index is 1.56. The molecule has 1 aliphatic carbocycles. The normalized spacial score (nSPS) is 16.9. The van der Waals surface area contributed by atoms with Gasteiger partial charge in [0.25, 0.3) is 0 Å². The second kappa shape index (κ2) is 7.07. The van der Waals surface area contributed by atoms with Gasteiger partial charge in [-0.1, -0.05) is 35.9 Å². The lowest BCUT2D eigenvalue weighted by Crippen LogP contribution is -2.14. The first-order valence-electron chi connectivity index (χ1n) is 7.35. The number of hydrogen-bond donors (Lipinski definition) is 1. The number of nitrogens with one attached hydrogen (secondary N) is 1. The number of carbonyl (C=O) groups excluding carboxylic acids is 1. The zero-order chi connectivity index (χ0) is 15.4. The molecule has 0 saturated carbocycles.